The highest BCUT2D eigenvalue weighted by Gasteiger charge is 2.31. The molecule has 2 fully saturated rings. The second-order valence-corrected chi connectivity index (χ2v) is 8.31. The third-order valence-corrected chi connectivity index (χ3v) is 6.21. The Hall–Kier alpha value is -2.57. The van der Waals surface area contributed by atoms with Gasteiger partial charge in [0.1, 0.15) is 5.69 Å². The Kier molecular flexibility index (Phi) is 4.45. The molecule has 0 spiro atoms. The summed E-state index contributed by atoms with van der Waals surface area (Å²) in [5.74, 6) is 0.481. The van der Waals surface area contributed by atoms with Gasteiger partial charge in [0.05, 0.1) is 24.5 Å². The highest BCUT2D eigenvalue weighted by Crippen LogP contribution is 2.36. The molecule has 2 aromatic rings. The minimum absolute atomic E-state index is 0.0538. The van der Waals surface area contributed by atoms with E-state index in [9.17, 15) is 9.59 Å². The molecule has 5 rings (SSSR count). The molecule has 0 saturated heterocycles. The zero-order chi connectivity index (χ0) is 19.1. The minimum atomic E-state index is -0.0538. The van der Waals surface area contributed by atoms with Crippen molar-refractivity contribution in [2.75, 3.05) is 6.54 Å². The fraction of sp³-hybridized carbons (Fsp3) is 0.571. The van der Waals surface area contributed by atoms with Crippen molar-refractivity contribution in [1.82, 2.24) is 24.6 Å². The first-order valence-corrected chi connectivity index (χ1v) is 10.5. The van der Waals surface area contributed by atoms with Crippen molar-refractivity contribution in [3.05, 3.63) is 41.5 Å². The Morgan fingerprint density at radius 2 is 2.00 bits per heavy atom. The summed E-state index contributed by atoms with van der Waals surface area (Å²) in [4.78, 5) is 27.2. The first-order valence-electron chi connectivity index (χ1n) is 10.5. The van der Waals surface area contributed by atoms with Crippen LogP contribution >= 0.6 is 0 Å². The summed E-state index contributed by atoms with van der Waals surface area (Å²) in [6.45, 7) is 2.66. The highest BCUT2D eigenvalue weighted by atomic mass is 16.2. The van der Waals surface area contributed by atoms with E-state index in [1.54, 1.807) is 0 Å². The van der Waals surface area contributed by atoms with E-state index in [1.165, 1.54) is 6.42 Å². The number of amides is 2. The van der Waals surface area contributed by atoms with Gasteiger partial charge in [-0.25, -0.2) is 0 Å². The summed E-state index contributed by atoms with van der Waals surface area (Å²) in [5.41, 5.74) is 2.64. The number of fused-ring (bicyclic) bond motifs is 1. The second-order valence-electron chi connectivity index (χ2n) is 8.31. The number of hydrogen-bond donors (Lipinski definition) is 1. The minimum Gasteiger partial charge on any atom is -0.345 e. The Morgan fingerprint density at radius 1 is 1.14 bits per heavy atom. The van der Waals surface area contributed by atoms with Crippen LogP contribution in [0.3, 0.4) is 0 Å². The van der Waals surface area contributed by atoms with Gasteiger partial charge in [-0.15, -0.1) is 0 Å². The van der Waals surface area contributed by atoms with Crippen molar-refractivity contribution < 1.29 is 9.59 Å². The number of hydrogen-bond acceptors (Lipinski definition) is 3. The van der Waals surface area contributed by atoms with E-state index in [-0.39, 0.29) is 11.8 Å². The van der Waals surface area contributed by atoms with Gasteiger partial charge in [-0.1, -0.05) is 6.42 Å². The fourth-order valence-electron chi connectivity index (χ4n) is 4.23. The smallest absolute Gasteiger partial charge is 0.268 e. The Labute approximate surface area is 164 Å². The molecule has 2 aliphatic carbocycles. The van der Waals surface area contributed by atoms with Crippen LogP contribution in [-0.2, 0) is 24.4 Å². The van der Waals surface area contributed by atoms with Gasteiger partial charge in [-0.05, 0) is 50.3 Å². The van der Waals surface area contributed by atoms with E-state index in [2.05, 4.69) is 15.0 Å². The molecule has 3 aliphatic rings. The van der Waals surface area contributed by atoms with E-state index < -0.39 is 0 Å². The maximum atomic E-state index is 12.6. The van der Waals surface area contributed by atoms with Crippen LogP contribution in [0.1, 0.15) is 66.4 Å². The fourth-order valence-corrected chi connectivity index (χ4v) is 4.23. The van der Waals surface area contributed by atoms with Gasteiger partial charge in [0.15, 0.2) is 0 Å². The Bertz CT molecular complexity index is 890. The molecule has 0 atom stereocenters. The van der Waals surface area contributed by atoms with E-state index in [0.717, 1.165) is 62.3 Å². The average Bonchev–Trinajstić information content (AvgIpc) is 3.30. The van der Waals surface area contributed by atoms with Crippen LogP contribution in [0.4, 0.5) is 0 Å². The van der Waals surface area contributed by atoms with E-state index in [4.69, 9.17) is 0 Å². The molecule has 7 nitrogen and oxygen atoms in total. The summed E-state index contributed by atoms with van der Waals surface area (Å²) < 4.78 is 4.07. The standard InChI is InChI=1S/C21H27N5O2/c27-20(19-6-2-10-25(19)17-7-8-17)22-13-16-12-18-14-24(9-3-11-26(18)23-16)21(28)15-4-1-5-15/h2,6,10,12,15,17H,1,3-5,7-9,11,13-14H2,(H,22,27). The molecule has 2 saturated carbocycles. The molecular weight excluding hydrogens is 354 g/mol. The van der Waals surface area contributed by atoms with Gasteiger partial charge in [-0.3, -0.25) is 14.3 Å². The van der Waals surface area contributed by atoms with E-state index >= 15 is 0 Å². The zero-order valence-electron chi connectivity index (χ0n) is 16.1. The summed E-state index contributed by atoms with van der Waals surface area (Å²) in [5, 5.41) is 7.67. The van der Waals surface area contributed by atoms with Crippen LogP contribution in [0.2, 0.25) is 0 Å². The lowest BCUT2D eigenvalue weighted by molar-refractivity contribution is -0.138. The first kappa shape index (κ1) is 17.5. The predicted molar refractivity (Wildman–Crippen MR) is 103 cm³/mol. The maximum Gasteiger partial charge on any atom is 0.268 e. The SMILES string of the molecule is O=C(NCc1cc2n(n1)CCCN(C(=O)C1CCC1)C2)c1cccn1C1CC1. The zero-order valence-corrected chi connectivity index (χ0v) is 16.1. The van der Waals surface area contributed by atoms with Crippen molar-refractivity contribution >= 4 is 11.8 Å². The molecule has 28 heavy (non-hydrogen) atoms. The van der Waals surface area contributed by atoms with Crippen LogP contribution in [0.25, 0.3) is 0 Å². The third kappa shape index (κ3) is 3.34. The number of carbonyl (C=O) groups is 2. The first-order chi connectivity index (χ1) is 13.7. The van der Waals surface area contributed by atoms with Crippen LogP contribution in [0.5, 0.6) is 0 Å². The molecule has 3 heterocycles. The van der Waals surface area contributed by atoms with Crippen LogP contribution < -0.4 is 5.32 Å². The lowest BCUT2D eigenvalue weighted by Gasteiger charge is -2.30. The van der Waals surface area contributed by atoms with Crippen molar-refractivity contribution in [2.24, 2.45) is 5.92 Å². The van der Waals surface area contributed by atoms with Crippen LogP contribution in [0, 0.1) is 5.92 Å². The summed E-state index contributed by atoms with van der Waals surface area (Å²) in [7, 11) is 0. The molecule has 2 amide bonds. The molecule has 7 heteroatoms. The number of aromatic nitrogens is 3. The number of rotatable bonds is 5. The van der Waals surface area contributed by atoms with Crippen molar-refractivity contribution in [3.63, 3.8) is 0 Å². The predicted octanol–water partition coefficient (Wildman–Crippen LogP) is 2.48. The van der Waals surface area contributed by atoms with Gasteiger partial charge < -0.3 is 14.8 Å². The molecule has 0 unspecified atom stereocenters. The van der Waals surface area contributed by atoms with E-state index in [1.807, 2.05) is 34.0 Å². The van der Waals surface area contributed by atoms with E-state index in [0.29, 0.717) is 25.0 Å². The number of nitrogens with one attached hydrogen (secondary N) is 1. The normalized spacial score (nSPS) is 19.6. The number of nitrogens with zero attached hydrogens (tertiary/aromatic N) is 4. The topological polar surface area (TPSA) is 72.2 Å². The van der Waals surface area contributed by atoms with Crippen LogP contribution in [-0.4, -0.2) is 37.6 Å². The second kappa shape index (κ2) is 7.11. The molecule has 1 aliphatic heterocycles. The molecular formula is C21H27N5O2. The van der Waals surface area contributed by atoms with Gasteiger partial charge in [0, 0.05) is 31.2 Å². The third-order valence-electron chi connectivity index (χ3n) is 6.21. The van der Waals surface area contributed by atoms with Gasteiger partial charge >= 0.3 is 0 Å². The van der Waals surface area contributed by atoms with Crippen molar-refractivity contribution in [3.8, 4) is 0 Å². The monoisotopic (exact) mass is 381 g/mol. The average molecular weight is 381 g/mol. The summed E-state index contributed by atoms with van der Waals surface area (Å²) in [6, 6.07) is 6.32. The number of aryl methyl sites for hydroxylation is 1. The molecule has 148 valence electrons. The Morgan fingerprint density at radius 3 is 2.75 bits per heavy atom. The summed E-state index contributed by atoms with van der Waals surface area (Å²) in [6.07, 6.45) is 8.46. The van der Waals surface area contributed by atoms with Gasteiger partial charge in [-0.2, -0.15) is 5.10 Å². The highest BCUT2D eigenvalue weighted by molar-refractivity contribution is 5.92. The van der Waals surface area contributed by atoms with Gasteiger partial charge in [0.25, 0.3) is 5.91 Å². The lowest BCUT2D eigenvalue weighted by atomic mass is 9.84. The number of carbonyl (C=O) groups excluding carboxylic acids is 2. The van der Waals surface area contributed by atoms with Crippen molar-refractivity contribution in [1.29, 1.82) is 0 Å². The van der Waals surface area contributed by atoms with Crippen LogP contribution in [0.15, 0.2) is 24.4 Å². The molecule has 0 bridgehead atoms. The van der Waals surface area contributed by atoms with Gasteiger partial charge in [0.2, 0.25) is 5.91 Å². The maximum absolute atomic E-state index is 12.6. The Balaban J connectivity index is 1.23. The lowest BCUT2D eigenvalue weighted by Crippen LogP contribution is -2.38. The molecule has 0 aromatic carbocycles. The largest absolute Gasteiger partial charge is 0.345 e. The van der Waals surface area contributed by atoms with Crippen molar-refractivity contribution in [2.45, 2.75) is 64.2 Å². The summed E-state index contributed by atoms with van der Waals surface area (Å²) >= 11 is 0. The molecule has 2 aromatic heterocycles. The molecule has 0 radical (unpaired) electrons. The molecule has 1 N–H and O–H groups in total. The quantitative estimate of drug-likeness (QED) is 0.865.